The van der Waals surface area contributed by atoms with Crippen LogP contribution < -0.4 is 5.32 Å². The molecule has 4 heteroatoms. The Labute approximate surface area is 93.7 Å². The van der Waals surface area contributed by atoms with E-state index in [1.54, 1.807) is 0 Å². The predicted octanol–water partition coefficient (Wildman–Crippen LogP) is 2.62. The Morgan fingerprint density at radius 3 is 2.69 bits per heavy atom. The largest absolute Gasteiger partial charge is 0.335 e. The lowest BCUT2D eigenvalue weighted by atomic mass is 10.1. The lowest BCUT2D eigenvalue weighted by Crippen LogP contribution is -2.00. The van der Waals surface area contributed by atoms with Crippen molar-refractivity contribution >= 4 is 6.01 Å². The van der Waals surface area contributed by atoms with Gasteiger partial charge in [-0.15, -0.1) is 0 Å². The van der Waals surface area contributed by atoms with E-state index in [1.807, 2.05) is 24.3 Å². The molecule has 0 radical (unpaired) electrons. The van der Waals surface area contributed by atoms with Crippen LogP contribution in [0.25, 0.3) is 11.4 Å². The molecule has 2 aromatic rings. The van der Waals surface area contributed by atoms with Gasteiger partial charge < -0.3 is 9.84 Å². The van der Waals surface area contributed by atoms with Gasteiger partial charge >= 0.3 is 6.01 Å². The summed E-state index contributed by atoms with van der Waals surface area (Å²) in [6, 6.07) is 9.14. The Morgan fingerprint density at radius 1 is 1.25 bits per heavy atom. The molecule has 1 heterocycles. The first-order valence-corrected chi connectivity index (χ1v) is 5.48. The highest BCUT2D eigenvalue weighted by Gasteiger charge is 2.23. The lowest BCUT2D eigenvalue weighted by Gasteiger charge is -1.95. The fraction of sp³-hybridized carbons (Fsp3) is 0.333. The number of nitrogens with one attached hydrogen (secondary N) is 1. The van der Waals surface area contributed by atoms with Gasteiger partial charge in [0.05, 0.1) is 0 Å². The van der Waals surface area contributed by atoms with E-state index in [-0.39, 0.29) is 0 Å². The van der Waals surface area contributed by atoms with E-state index in [0.29, 0.717) is 17.9 Å². The standard InChI is InChI=1S/C12H13N3O/c1-8-2-4-9(5-3-8)11-14-12(16-15-11)13-10-6-7-10/h2-5,10H,6-7H2,1H3,(H,13,14,15). The molecule has 0 bridgehead atoms. The van der Waals surface area contributed by atoms with Gasteiger partial charge in [-0.05, 0) is 19.8 Å². The van der Waals surface area contributed by atoms with Crippen LogP contribution in [-0.4, -0.2) is 16.2 Å². The van der Waals surface area contributed by atoms with Crippen molar-refractivity contribution in [1.29, 1.82) is 0 Å². The average molecular weight is 215 g/mol. The number of aromatic nitrogens is 2. The first kappa shape index (κ1) is 9.39. The zero-order valence-corrected chi connectivity index (χ0v) is 9.10. The van der Waals surface area contributed by atoms with Gasteiger partial charge in [-0.25, -0.2) is 0 Å². The smallest absolute Gasteiger partial charge is 0.322 e. The number of hydrogen-bond acceptors (Lipinski definition) is 4. The van der Waals surface area contributed by atoms with Crippen LogP contribution in [0.4, 0.5) is 6.01 Å². The molecule has 82 valence electrons. The fourth-order valence-corrected chi connectivity index (χ4v) is 1.50. The molecule has 1 aromatic heterocycles. The molecule has 0 unspecified atom stereocenters. The Kier molecular flexibility index (Phi) is 2.13. The van der Waals surface area contributed by atoms with Gasteiger partial charge in [0.25, 0.3) is 0 Å². The maximum atomic E-state index is 5.13. The molecule has 1 fully saturated rings. The van der Waals surface area contributed by atoms with E-state index in [2.05, 4.69) is 22.4 Å². The van der Waals surface area contributed by atoms with Gasteiger partial charge in [0.1, 0.15) is 0 Å². The lowest BCUT2D eigenvalue weighted by molar-refractivity contribution is 0.432. The minimum absolute atomic E-state index is 0.526. The second-order valence-electron chi connectivity index (χ2n) is 4.21. The molecule has 1 aliphatic rings. The third-order valence-electron chi connectivity index (χ3n) is 2.64. The van der Waals surface area contributed by atoms with Crippen LogP contribution in [-0.2, 0) is 0 Å². The molecule has 4 nitrogen and oxygen atoms in total. The summed E-state index contributed by atoms with van der Waals surface area (Å²) in [7, 11) is 0. The highest BCUT2D eigenvalue weighted by molar-refractivity contribution is 5.55. The average Bonchev–Trinajstić information content (AvgIpc) is 2.97. The summed E-state index contributed by atoms with van der Waals surface area (Å²) < 4.78 is 5.13. The zero-order chi connectivity index (χ0) is 11.0. The van der Waals surface area contributed by atoms with Crippen molar-refractivity contribution in [1.82, 2.24) is 10.1 Å². The van der Waals surface area contributed by atoms with E-state index in [0.717, 1.165) is 5.56 Å². The van der Waals surface area contributed by atoms with Crippen molar-refractivity contribution < 1.29 is 4.52 Å². The molecule has 16 heavy (non-hydrogen) atoms. The van der Waals surface area contributed by atoms with Crippen molar-refractivity contribution in [2.75, 3.05) is 5.32 Å². The summed E-state index contributed by atoms with van der Waals surface area (Å²) >= 11 is 0. The predicted molar refractivity (Wildman–Crippen MR) is 61.1 cm³/mol. The van der Waals surface area contributed by atoms with Crippen molar-refractivity contribution in [3.63, 3.8) is 0 Å². The summed E-state index contributed by atoms with van der Waals surface area (Å²) in [6.07, 6.45) is 2.39. The molecule has 1 aliphatic carbocycles. The molecular weight excluding hydrogens is 202 g/mol. The van der Waals surface area contributed by atoms with Gasteiger partial charge in [0, 0.05) is 11.6 Å². The Bertz CT molecular complexity index is 485. The number of anilines is 1. The zero-order valence-electron chi connectivity index (χ0n) is 9.10. The Hall–Kier alpha value is -1.84. The van der Waals surface area contributed by atoms with Gasteiger partial charge in [-0.1, -0.05) is 35.0 Å². The van der Waals surface area contributed by atoms with Gasteiger partial charge in [-0.2, -0.15) is 4.98 Å². The molecule has 0 aliphatic heterocycles. The van der Waals surface area contributed by atoms with Gasteiger partial charge in [-0.3, -0.25) is 0 Å². The summed E-state index contributed by atoms with van der Waals surface area (Å²) in [5, 5.41) is 7.13. The third kappa shape index (κ3) is 1.91. The quantitative estimate of drug-likeness (QED) is 0.855. The summed E-state index contributed by atoms with van der Waals surface area (Å²) in [4.78, 5) is 4.30. The van der Waals surface area contributed by atoms with Crippen LogP contribution in [0.5, 0.6) is 0 Å². The molecule has 3 rings (SSSR count). The minimum atomic E-state index is 0.526. The Balaban J connectivity index is 1.82. The minimum Gasteiger partial charge on any atom is -0.335 e. The van der Waals surface area contributed by atoms with Crippen LogP contribution >= 0.6 is 0 Å². The number of aryl methyl sites for hydroxylation is 1. The first-order chi connectivity index (χ1) is 7.81. The normalized spacial score (nSPS) is 15.1. The summed E-state index contributed by atoms with van der Waals surface area (Å²) in [6.45, 7) is 2.06. The van der Waals surface area contributed by atoms with E-state index in [4.69, 9.17) is 4.52 Å². The van der Waals surface area contributed by atoms with E-state index in [9.17, 15) is 0 Å². The number of benzene rings is 1. The highest BCUT2D eigenvalue weighted by atomic mass is 16.5. The van der Waals surface area contributed by atoms with Crippen LogP contribution in [0.15, 0.2) is 28.8 Å². The maximum absolute atomic E-state index is 5.13. The van der Waals surface area contributed by atoms with Crippen LogP contribution in [0.2, 0.25) is 0 Å². The van der Waals surface area contributed by atoms with Crippen LogP contribution in [0, 0.1) is 6.92 Å². The van der Waals surface area contributed by atoms with Gasteiger partial charge in [0.15, 0.2) is 0 Å². The number of hydrogen-bond donors (Lipinski definition) is 1. The fourth-order valence-electron chi connectivity index (χ4n) is 1.50. The van der Waals surface area contributed by atoms with E-state index in [1.165, 1.54) is 18.4 Å². The van der Waals surface area contributed by atoms with Crippen LogP contribution in [0.1, 0.15) is 18.4 Å². The molecule has 0 spiro atoms. The SMILES string of the molecule is Cc1ccc(-c2noc(NC3CC3)n2)cc1. The van der Waals surface area contributed by atoms with Crippen molar-refractivity contribution in [2.45, 2.75) is 25.8 Å². The van der Waals surface area contributed by atoms with Crippen molar-refractivity contribution in [3.05, 3.63) is 29.8 Å². The number of rotatable bonds is 3. The third-order valence-corrected chi connectivity index (χ3v) is 2.64. The molecule has 1 aromatic carbocycles. The van der Waals surface area contributed by atoms with E-state index >= 15 is 0 Å². The maximum Gasteiger partial charge on any atom is 0.322 e. The molecular formula is C12H13N3O. The number of nitrogens with zero attached hydrogens (tertiary/aromatic N) is 2. The summed E-state index contributed by atoms with van der Waals surface area (Å²) in [5.41, 5.74) is 2.21. The monoisotopic (exact) mass is 215 g/mol. The van der Waals surface area contributed by atoms with Crippen LogP contribution in [0.3, 0.4) is 0 Å². The first-order valence-electron chi connectivity index (χ1n) is 5.48. The Morgan fingerprint density at radius 2 is 2.00 bits per heavy atom. The second kappa shape index (κ2) is 3.63. The topological polar surface area (TPSA) is 51.0 Å². The van der Waals surface area contributed by atoms with Crippen molar-refractivity contribution in [3.8, 4) is 11.4 Å². The molecule has 1 N–H and O–H groups in total. The van der Waals surface area contributed by atoms with E-state index < -0.39 is 0 Å². The molecule has 0 amide bonds. The van der Waals surface area contributed by atoms with Crippen molar-refractivity contribution in [2.24, 2.45) is 0 Å². The summed E-state index contributed by atoms with van der Waals surface area (Å²) in [5.74, 6) is 0.642. The second-order valence-corrected chi connectivity index (χ2v) is 4.21. The molecule has 0 saturated heterocycles. The highest BCUT2D eigenvalue weighted by Crippen LogP contribution is 2.25. The molecule has 1 saturated carbocycles. The van der Waals surface area contributed by atoms with Gasteiger partial charge in [0.2, 0.25) is 5.82 Å². The molecule has 0 atom stereocenters.